The zero-order valence-corrected chi connectivity index (χ0v) is 17.8. The molecule has 0 aliphatic heterocycles. The molecule has 0 amide bonds. The van der Waals surface area contributed by atoms with Gasteiger partial charge >= 0.3 is 5.69 Å². The molecule has 0 bridgehead atoms. The minimum absolute atomic E-state index is 0.239. The number of aromatic amines is 1. The average Bonchev–Trinajstić information content (AvgIpc) is 3.10. The Balaban J connectivity index is 1.74. The largest absolute Gasteiger partial charge is 0.394 e. The maximum absolute atomic E-state index is 12.8. The number of aliphatic hydroxyl groups is 1. The first-order valence-corrected chi connectivity index (χ1v) is 10.4. The van der Waals surface area contributed by atoms with Crippen LogP contribution in [0.25, 0.3) is 33.5 Å². The van der Waals surface area contributed by atoms with E-state index >= 15 is 0 Å². The molecule has 3 aromatic heterocycles. The molecule has 0 aliphatic rings. The van der Waals surface area contributed by atoms with Crippen LogP contribution >= 0.6 is 22.6 Å². The number of aromatic nitrogens is 5. The standard InChI is InChI=1S/C22H16IN5O2/c23-16-8-2-1-5-15(16)19(12-29)28-21-20(27-22(28)30)25-11-18(26-21)14-6-3-9-17-13(14)7-4-10-24-17/h1-11,19,29H,12H2,(H,25,27,30). The first-order chi connectivity index (χ1) is 14.7. The van der Waals surface area contributed by atoms with Crippen LogP contribution < -0.4 is 5.69 Å². The Bertz CT molecular complexity index is 1440. The van der Waals surface area contributed by atoms with E-state index in [4.69, 9.17) is 4.98 Å². The lowest BCUT2D eigenvalue weighted by Gasteiger charge is -2.17. The molecule has 1 atom stereocenters. The molecule has 0 aliphatic carbocycles. The van der Waals surface area contributed by atoms with Gasteiger partial charge in [0.15, 0.2) is 11.3 Å². The topological polar surface area (TPSA) is 96.7 Å². The SMILES string of the molecule is O=c1[nH]c2ncc(-c3cccc4ncccc34)nc2n1C(CO)c1ccccc1I. The van der Waals surface area contributed by atoms with Gasteiger partial charge in [-0.3, -0.25) is 14.5 Å². The fourth-order valence-corrected chi connectivity index (χ4v) is 4.45. The molecule has 8 heteroatoms. The highest BCUT2D eigenvalue weighted by Gasteiger charge is 2.22. The minimum Gasteiger partial charge on any atom is -0.394 e. The van der Waals surface area contributed by atoms with Crippen molar-refractivity contribution in [2.24, 2.45) is 0 Å². The van der Waals surface area contributed by atoms with Crippen LogP contribution in [0.15, 0.2) is 71.8 Å². The molecule has 7 nitrogen and oxygen atoms in total. The van der Waals surface area contributed by atoms with Crippen molar-refractivity contribution in [1.82, 2.24) is 24.5 Å². The number of hydrogen-bond donors (Lipinski definition) is 2. The maximum Gasteiger partial charge on any atom is 0.329 e. The molecule has 0 saturated carbocycles. The van der Waals surface area contributed by atoms with E-state index in [0.717, 1.165) is 25.6 Å². The zero-order valence-electron chi connectivity index (χ0n) is 15.7. The van der Waals surface area contributed by atoms with Gasteiger partial charge in [0.25, 0.3) is 0 Å². The summed E-state index contributed by atoms with van der Waals surface area (Å²) < 4.78 is 2.44. The molecule has 148 valence electrons. The fourth-order valence-electron chi connectivity index (χ4n) is 3.70. The van der Waals surface area contributed by atoms with Gasteiger partial charge in [0.05, 0.1) is 30.1 Å². The summed E-state index contributed by atoms with van der Waals surface area (Å²) in [4.78, 5) is 29.1. The summed E-state index contributed by atoms with van der Waals surface area (Å²) in [5, 5.41) is 11.1. The van der Waals surface area contributed by atoms with Gasteiger partial charge in [-0.15, -0.1) is 0 Å². The van der Waals surface area contributed by atoms with Gasteiger partial charge in [-0.2, -0.15) is 0 Å². The normalized spacial score (nSPS) is 12.5. The lowest BCUT2D eigenvalue weighted by atomic mass is 10.1. The zero-order chi connectivity index (χ0) is 20.7. The molecule has 3 heterocycles. The third kappa shape index (κ3) is 3.08. The summed E-state index contributed by atoms with van der Waals surface area (Å²) in [5.41, 5.74) is 3.64. The molecular weight excluding hydrogens is 493 g/mol. The summed E-state index contributed by atoms with van der Waals surface area (Å²) in [6.45, 7) is -0.239. The summed E-state index contributed by atoms with van der Waals surface area (Å²) in [6.07, 6.45) is 3.39. The van der Waals surface area contributed by atoms with Gasteiger partial charge in [-0.25, -0.2) is 14.8 Å². The lowest BCUT2D eigenvalue weighted by molar-refractivity contribution is 0.249. The second-order valence-corrected chi connectivity index (χ2v) is 7.99. The van der Waals surface area contributed by atoms with Crippen LogP contribution in [0.5, 0.6) is 0 Å². The van der Waals surface area contributed by atoms with E-state index < -0.39 is 6.04 Å². The number of H-pyrrole nitrogens is 1. The van der Waals surface area contributed by atoms with Gasteiger partial charge in [0, 0.05) is 20.7 Å². The number of rotatable bonds is 4. The highest BCUT2D eigenvalue weighted by atomic mass is 127. The molecular formula is C22H16IN5O2. The minimum atomic E-state index is -0.571. The smallest absolute Gasteiger partial charge is 0.329 e. The van der Waals surface area contributed by atoms with Crippen LogP contribution in [0.4, 0.5) is 0 Å². The molecule has 30 heavy (non-hydrogen) atoms. The average molecular weight is 509 g/mol. The van der Waals surface area contributed by atoms with Crippen molar-refractivity contribution in [3.05, 3.63) is 86.6 Å². The highest BCUT2D eigenvalue weighted by molar-refractivity contribution is 14.1. The van der Waals surface area contributed by atoms with Crippen molar-refractivity contribution in [1.29, 1.82) is 0 Å². The van der Waals surface area contributed by atoms with E-state index in [1.165, 1.54) is 4.57 Å². The highest BCUT2D eigenvalue weighted by Crippen LogP contribution is 2.28. The number of halogens is 1. The van der Waals surface area contributed by atoms with Crippen LogP contribution in [-0.2, 0) is 0 Å². The monoisotopic (exact) mass is 509 g/mol. The van der Waals surface area contributed by atoms with E-state index in [-0.39, 0.29) is 12.3 Å². The summed E-state index contributed by atoms with van der Waals surface area (Å²) in [5.74, 6) is 0. The molecule has 2 aromatic carbocycles. The van der Waals surface area contributed by atoms with Crippen molar-refractivity contribution >= 4 is 44.8 Å². The molecule has 2 N–H and O–H groups in total. The molecule has 0 spiro atoms. The van der Waals surface area contributed by atoms with Gasteiger partial charge < -0.3 is 5.11 Å². The second kappa shape index (κ2) is 7.62. The predicted molar refractivity (Wildman–Crippen MR) is 123 cm³/mol. The molecule has 0 saturated heterocycles. The van der Waals surface area contributed by atoms with E-state index in [1.54, 1.807) is 12.4 Å². The van der Waals surface area contributed by atoms with Crippen LogP contribution in [0.2, 0.25) is 0 Å². The van der Waals surface area contributed by atoms with Crippen molar-refractivity contribution in [2.75, 3.05) is 6.61 Å². The number of aliphatic hydroxyl groups excluding tert-OH is 1. The van der Waals surface area contributed by atoms with E-state index in [0.29, 0.717) is 17.0 Å². The van der Waals surface area contributed by atoms with Crippen molar-refractivity contribution in [2.45, 2.75) is 6.04 Å². The summed E-state index contributed by atoms with van der Waals surface area (Å²) in [7, 11) is 0. The van der Waals surface area contributed by atoms with Crippen LogP contribution in [0.3, 0.4) is 0 Å². The first kappa shape index (κ1) is 18.9. The van der Waals surface area contributed by atoms with E-state index in [9.17, 15) is 9.90 Å². The Hall–Kier alpha value is -3.11. The number of nitrogens with one attached hydrogen (secondary N) is 1. The molecule has 1 unspecified atom stereocenters. The Morgan fingerprint density at radius 2 is 1.93 bits per heavy atom. The Labute approximate surface area is 184 Å². The Morgan fingerprint density at radius 1 is 1.07 bits per heavy atom. The Kier molecular flexibility index (Phi) is 4.80. The number of imidazole rings is 1. The third-order valence-corrected chi connectivity index (χ3v) is 6.08. The number of hydrogen-bond acceptors (Lipinski definition) is 5. The second-order valence-electron chi connectivity index (χ2n) is 6.82. The number of fused-ring (bicyclic) bond motifs is 2. The van der Waals surface area contributed by atoms with Gasteiger partial charge in [-0.1, -0.05) is 36.4 Å². The van der Waals surface area contributed by atoms with E-state index in [1.807, 2.05) is 54.6 Å². The van der Waals surface area contributed by atoms with Gasteiger partial charge in [0.1, 0.15) is 0 Å². The van der Waals surface area contributed by atoms with E-state index in [2.05, 4.69) is 37.5 Å². The molecule has 0 fully saturated rings. The fraction of sp³-hybridized carbons (Fsp3) is 0.0909. The van der Waals surface area contributed by atoms with Crippen molar-refractivity contribution in [3.8, 4) is 11.3 Å². The first-order valence-electron chi connectivity index (χ1n) is 9.34. The summed E-state index contributed by atoms with van der Waals surface area (Å²) in [6, 6.07) is 16.8. The van der Waals surface area contributed by atoms with Gasteiger partial charge in [-0.05, 0) is 46.4 Å². The number of benzene rings is 2. The van der Waals surface area contributed by atoms with Crippen LogP contribution in [0, 0.1) is 3.57 Å². The quantitative estimate of drug-likeness (QED) is 0.362. The molecule has 0 radical (unpaired) electrons. The van der Waals surface area contributed by atoms with Crippen molar-refractivity contribution < 1.29 is 5.11 Å². The summed E-state index contributed by atoms with van der Waals surface area (Å²) >= 11 is 2.21. The number of pyridine rings is 1. The lowest BCUT2D eigenvalue weighted by Crippen LogP contribution is -2.26. The van der Waals surface area contributed by atoms with Crippen LogP contribution in [-0.4, -0.2) is 36.2 Å². The Morgan fingerprint density at radius 3 is 2.77 bits per heavy atom. The van der Waals surface area contributed by atoms with Gasteiger partial charge in [0.2, 0.25) is 0 Å². The maximum atomic E-state index is 12.8. The molecule has 5 aromatic rings. The van der Waals surface area contributed by atoms with Crippen LogP contribution in [0.1, 0.15) is 11.6 Å². The third-order valence-electron chi connectivity index (χ3n) is 5.10. The predicted octanol–water partition coefficient (Wildman–Crippen LogP) is 3.52. The molecule has 5 rings (SSSR count). The number of nitrogens with zero attached hydrogens (tertiary/aromatic N) is 4. The van der Waals surface area contributed by atoms with Crippen molar-refractivity contribution in [3.63, 3.8) is 0 Å².